The molecular weight excluding hydrogens is 304 g/mol. The Labute approximate surface area is 132 Å². The highest BCUT2D eigenvalue weighted by Gasteiger charge is 2.53. The molecule has 8 nitrogen and oxygen atoms in total. The fourth-order valence-electron chi connectivity index (χ4n) is 2.88. The lowest BCUT2D eigenvalue weighted by atomic mass is 9.95. The molecule has 0 aromatic heterocycles. The maximum atomic E-state index is 11.2. The van der Waals surface area contributed by atoms with Crippen LogP contribution in [0.3, 0.4) is 0 Å². The molecule has 0 bridgehead atoms. The van der Waals surface area contributed by atoms with E-state index >= 15 is 0 Å². The molecule has 2 aliphatic rings. The lowest BCUT2D eigenvalue weighted by Crippen LogP contribution is -2.62. The summed E-state index contributed by atoms with van der Waals surface area (Å²) >= 11 is 0. The van der Waals surface area contributed by atoms with Gasteiger partial charge in [-0.15, -0.1) is 0 Å². The summed E-state index contributed by atoms with van der Waals surface area (Å²) in [5.74, 6) is 0. The van der Waals surface area contributed by atoms with Gasteiger partial charge in [0, 0.05) is 5.56 Å². The first-order valence-electron chi connectivity index (χ1n) is 7.38. The van der Waals surface area contributed by atoms with Gasteiger partial charge in [-0.3, -0.25) is 15.1 Å². The Morgan fingerprint density at radius 2 is 2.09 bits per heavy atom. The van der Waals surface area contributed by atoms with Gasteiger partial charge in [-0.1, -0.05) is 30.3 Å². The second kappa shape index (κ2) is 6.71. The number of hydrogen-bond acceptors (Lipinski definition) is 7. The second-order valence-corrected chi connectivity index (χ2v) is 5.42. The molecule has 3 rings (SSSR count). The predicted molar refractivity (Wildman–Crippen MR) is 79.6 cm³/mol. The van der Waals surface area contributed by atoms with Crippen LogP contribution in [0, 0.1) is 10.1 Å². The van der Waals surface area contributed by atoms with E-state index in [4.69, 9.17) is 14.2 Å². The molecule has 23 heavy (non-hydrogen) atoms. The van der Waals surface area contributed by atoms with Crippen molar-refractivity contribution in [3.63, 3.8) is 0 Å². The third-order valence-electron chi connectivity index (χ3n) is 3.95. The zero-order valence-corrected chi connectivity index (χ0v) is 12.5. The Morgan fingerprint density at radius 3 is 2.74 bits per heavy atom. The quantitative estimate of drug-likeness (QED) is 0.504. The van der Waals surface area contributed by atoms with Gasteiger partial charge in [0.2, 0.25) is 0 Å². The Balaban J connectivity index is 1.80. The molecular formula is C15H18N2O6. The molecule has 2 heterocycles. The Morgan fingerprint density at radius 1 is 1.35 bits per heavy atom. The maximum Gasteiger partial charge on any atom is 0.340 e. The minimum atomic E-state index is -1.41. The van der Waals surface area contributed by atoms with Gasteiger partial charge < -0.3 is 19.3 Å². The summed E-state index contributed by atoms with van der Waals surface area (Å²) in [6.07, 6.45) is -3.22. The summed E-state index contributed by atoms with van der Waals surface area (Å²) in [6.45, 7) is 1.74. The van der Waals surface area contributed by atoms with Gasteiger partial charge in [0.25, 0.3) is 0 Å². The predicted octanol–water partition coefficient (Wildman–Crippen LogP) is 0.922. The summed E-state index contributed by atoms with van der Waals surface area (Å²) in [5, 5.41) is 21.7. The number of rotatable bonds is 3. The van der Waals surface area contributed by atoms with Crippen LogP contribution in [0.5, 0.6) is 0 Å². The number of aliphatic hydroxyl groups is 1. The highest BCUT2D eigenvalue weighted by molar-refractivity contribution is 5.53. The third kappa shape index (κ3) is 3.11. The SMILES string of the molecule is CC=NC1C(O)[C@@H]2OC(c3ccccc3)OCC2O[C@H]1[N+](=O)[O-]. The molecule has 0 aliphatic carbocycles. The standard InChI is InChI=1S/C15H18N2O6/c1-2-16-11-12(18)13-10(22-14(11)17(19)20)8-21-15(23-13)9-6-4-3-5-7-9/h2-7,10-15,18H,8H2,1H3/t10?,11?,12?,13-,14-,15?/m1/s1. The van der Waals surface area contributed by atoms with Crippen LogP contribution in [0.15, 0.2) is 35.3 Å². The first-order valence-corrected chi connectivity index (χ1v) is 7.38. The van der Waals surface area contributed by atoms with Gasteiger partial charge in [-0.05, 0) is 13.1 Å². The summed E-state index contributed by atoms with van der Waals surface area (Å²) in [4.78, 5) is 14.6. The van der Waals surface area contributed by atoms with Gasteiger partial charge in [0.1, 0.15) is 18.3 Å². The molecule has 2 saturated heterocycles. The number of nitro groups is 1. The van der Waals surface area contributed by atoms with Crippen molar-refractivity contribution in [3.05, 3.63) is 46.0 Å². The van der Waals surface area contributed by atoms with Crippen LogP contribution in [0.2, 0.25) is 0 Å². The van der Waals surface area contributed by atoms with E-state index in [0.29, 0.717) is 0 Å². The smallest absolute Gasteiger partial charge is 0.340 e. The molecule has 0 radical (unpaired) electrons. The number of hydrogen-bond donors (Lipinski definition) is 1. The van der Waals surface area contributed by atoms with E-state index in [9.17, 15) is 15.2 Å². The second-order valence-electron chi connectivity index (χ2n) is 5.42. The number of nitrogens with zero attached hydrogens (tertiary/aromatic N) is 2. The molecule has 0 spiro atoms. The molecule has 0 amide bonds. The van der Waals surface area contributed by atoms with Gasteiger partial charge in [-0.25, -0.2) is 0 Å². The third-order valence-corrected chi connectivity index (χ3v) is 3.95. The van der Waals surface area contributed by atoms with Crippen molar-refractivity contribution in [3.8, 4) is 0 Å². The van der Waals surface area contributed by atoms with E-state index in [1.165, 1.54) is 6.21 Å². The topological polar surface area (TPSA) is 103 Å². The minimum absolute atomic E-state index is 0.105. The molecule has 124 valence electrons. The lowest BCUT2D eigenvalue weighted by molar-refractivity contribution is -0.596. The van der Waals surface area contributed by atoms with E-state index in [1.54, 1.807) is 6.92 Å². The van der Waals surface area contributed by atoms with Crippen molar-refractivity contribution in [1.29, 1.82) is 0 Å². The molecule has 1 N–H and O–H groups in total. The van der Waals surface area contributed by atoms with E-state index < -0.39 is 41.8 Å². The molecule has 6 atom stereocenters. The highest BCUT2D eigenvalue weighted by Crippen LogP contribution is 2.34. The molecule has 0 saturated carbocycles. The summed E-state index contributed by atoms with van der Waals surface area (Å²) in [7, 11) is 0. The van der Waals surface area contributed by atoms with Crippen molar-refractivity contribution in [2.75, 3.05) is 6.61 Å². The average Bonchev–Trinajstić information content (AvgIpc) is 2.57. The summed E-state index contributed by atoms with van der Waals surface area (Å²) in [5.41, 5.74) is 0.810. The molecule has 2 fully saturated rings. The Bertz CT molecular complexity index is 581. The first kappa shape index (κ1) is 16.0. The van der Waals surface area contributed by atoms with Gasteiger partial charge >= 0.3 is 6.23 Å². The maximum absolute atomic E-state index is 11.2. The zero-order chi connectivity index (χ0) is 16.4. The number of benzene rings is 1. The van der Waals surface area contributed by atoms with Crippen LogP contribution in [0.4, 0.5) is 0 Å². The van der Waals surface area contributed by atoms with Crippen molar-refractivity contribution in [1.82, 2.24) is 0 Å². The van der Waals surface area contributed by atoms with Gasteiger partial charge in [-0.2, -0.15) is 0 Å². The van der Waals surface area contributed by atoms with E-state index in [-0.39, 0.29) is 6.61 Å². The minimum Gasteiger partial charge on any atom is -0.388 e. The van der Waals surface area contributed by atoms with E-state index in [1.807, 2.05) is 30.3 Å². The number of aliphatic hydroxyl groups excluding tert-OH is 1. The van der Waals surface area contributed by atoms with Crippen LogP contribution < -0.4 is 0 Å². The average molecular weight is 322 g/mol. The monoisotopic (exact) mass is 322 g/mol. The molecule has 1 aromatic rings. The molecule has 2 aliphatic heterocycles. The van der Waals surface area contributed by atoms with Gasteiger partial charge in [0.05, 0.1) is 11.5 Å². The van der Waals surface area contributed by atoms with Gasteiger partial charge in [0.15, 0.2) is 12.3 Å². The fraction of sp³-hybridized carbons (Fsp3) is 0.533. The Hall–Kier alpha value is -1.87. The zero-order valence-electron chi connectivity index (χ0n) is 12.5. The highest BCUT2D eigenvalue weighted by atomic mass is 16.7. The van der Waals surface area contributed by atoms with Crippen LogP contribution in [0.1, 0.15) is 18.8 Å². The van der Waals surface area contributed by atoms with Crippen molar-refractivity contribution in [2.45, 2.75) is 43.8 Å². The molecule has 4 unspecified atom stereocenters. The van der Waals surface area contributed by atoms with Crippen LogP contribution in [0.25, 0.3) is 0 Å². The van der Waals surface area contributed by atoms with Crippen molar-refractivity contribution in [2.24, 2.45) is 4.99 Å². The van der Waals surface area contributed by atoms with Crippen LogP contribution in [-0.2, 0) is 14.2 Å². The normalized spacial score (nSPS) is 37.5. The fourth-order valence-corrected chi connectivity index (χ4v) is 2.88. The molecule has 1 aromatic carbocycles. The van der Waals surface area contributed by atoms with Crippen LogP contribution in [-0.4, -0.2) is 53.4 Å². The summed E-state index contributed by atoms with van der Waals surface area (Å²) < 4.78 is 16.8. The number of aliphatic imine (C=N–C) groups is 1. The Kier molecular flexibility index (Phi) is 4.67. The van der Waals surface area contributed by atoms with Crippen molar-refractivity contribution < 1.29 is 24.2 Å². The van der Waals surface area contributed by atoms with E-state index in [2.05, 4.69) is 4.99 Å². The summed E-state index contributed by atoms with van der Waals surface area (Å²) in [6, 6.07) is 8.28. The van der Waals surface area contributed by atoms with Crippen LogP contribution >= 0.6 is 0 Å². The first-order chi connectivity index (χ1) is 11.1. The van der Waals surface area contributed by atoms with E-state index in [0.717, 1.165) is 5.56 Å². The molecule has 8 heteroatoms. The number of fused-ring (bicyclic) bond motifs is 1. The number of ether oxygens (including phenoxy) is 3. The van der Waals surface area contributed by atoms with Crippen molar-refractivity contribution >= 4 is 6.21 Å². The lowest BCUT2D eigenvalue weighted by Gasteiger charge is -2.44. The largest absolute Gasteiger partial charge is 0.388 e.